The fourth-order valence-corrected chi connectivity index (χ4v) is 1.18. The van der Waals surface area contributed by atoms with Gasteiger partial charge in [0.1, 0.15) is 11.4 Å². The highest BCUT2D eigenvalue weighted by Crippen LogP contribution is 2.23. The third-order valence-corrected chi connectivity index (χ3v) is 2.04. The molecule has 1 atom stereocenters. The Morgan fingerprint density at radius 1 is 1.64 bits per heavy atom. The van der Waals surface area contributed by atoms with Crippen molar-refractivity contribution in [2.75, 3.05) is 7.11 Å². The third-order valence-electron chi connectivity index (χ3n) is 2.04. The molecule has 76 valence electrons. The van der Waals surface area contributed by atoms with Crippen LogP contribution in [0.4, 0.5) is 0 Å². The summed E-state index contributed by atoms with van der Waals surface area (Å²) in [6, 6.07) is 3.13. The molecule has 4 nitrogen and oxygen atoms in total. The summed E-state index contributed by atoms with van der Waals surface area (Å²) in [6.45, 7) is 1.96. The molecule has 1 rings (SSSR count). The SMILES string of the molecule is CC[C@@H](N)c1nc(C=O)ccc1OC. The number of rotatable bonds is 4. The molecule has 0 aliphatic carbocycles. The van der Waals surface area contributed by atoms with Gasteiger partial charge in [-0.3, -0.25) is 4.79 Å². The molecule has 0 aliphatic rings. The molecule has 1 heterocycles. The molecule has 2 N–H and O–H groups in total. The maximum absolute atomic E-state index is 10.5. The molecule has 14 heavy (non-hydrogen) atoms. The zero-order chi connectivity index (χ0) is 10.6. The first kappa shape index (κ1) is 10.7. The molecule has 1 aromatic rings. The van der Waals surface area contributed by atoms with Gasteiger partial charge in [-0.2, -0.15) is 0 Å². The van der Waals surface area contributed by atoms with Crippen LogP contribution in [-0.2, 0) is 0 Å². The number of hydrogen-bond donors (Lipinski definition) is 1. The van der Waals surface area contributed by atoms with E-state index in [1.54, 1.807) is 19.2 Å². The van der Waals surface area contributed by atoms with E-state index in [0.29, 0.717) is 23.4 Å². The fraction of sp³-hybridized carbons (Fsp3) is 0.400. The number of aromatic nitrogens is 1. The standard InChI is InChI=1S/C10H14N2O2/c1-3-8(11)10-9(14-2)5-4-7(6-13)12-10/h4-6,8H,3,11H2,1-2H3/t8-/m1/s1. The molecule has 0 aromatic carbocycles. The van der Waals surface area contributed by atoms with Crippen LogP contribution in [0.3, 0.4) is 0 Å². The second kappa shape index (κ2) is 4.72. The van der Waals surface area contributed by atoms with E-state index in [0.717, 1.165) is 6.42 Å². The summed E-state index contributed by atoms with van der Waals surface area (Å²) in [5.74, 6) is 0.630. The van der Waals surface area contributed by atoms with Crippen molar-refractivity contribution >= 4 is 6.29 Å². The van der Waals surface area contributed by atoms with E-state index in [4.69, 9.17) is 10.5 Å². The van der Waals surface area contributed by atoms with Crippen LogP contribution < -0.4 is 10.5 Å². The Labute approximate surface area is 83.1 Å². The summed E-state index contributed by atoms with van der Waals surface area (Å²) in [7, 11) is 1.56. The molecular weight excluding hydrogens is 180 g/mol. The van der Waals surface area contributed by atoms with Crippen molar-refractivity contribution in [2.24, 2.45) is 5.73 Å². The summed E-state index contributed by atoms with van der Waals surface area (Å²) in [5, 5.41) is 0. The van der Waals surface area contributed by atoms with Gasteiger partial charge in [-0.05, 0) is 18.6 Å². The van der Waals surface area contributed by atoms with Crippen molar-refractivity contribution in [1.29, 1.82) is 0 Å². The lowest BCUT2D eigenvalue weighted by Crippen LogP contribution is -2.13. The topological polar surface area (TPSA) is 65.2 Å². The minimum absolute atomic E-state index is 0.190. The van der Waals surface area contributed by atoms with Crippen LogP contribution in [0.1, 0.15) is 35.6 Å². The van der Waals surface area contributed by atoms with Crippen LogP contribution in [0.2, 0.25) is 0 Å². The van der Waals surface area contributed by atoms with Gasteiger partial charge in [0.25, 0.3) is 0 Å². The second-order valence-electron chi connectivity index (χ2n) is 2.96. The van der Waals surface area contributed by atoms with E-state index in [1.165, 1.54) is 0 Å². The average Bonchev–Trinajstić information content (AvgIpc) is 2.27. The summed E-state index contributed by atoms with van der Waals surface area (Å²) < 4.78 is 5.11. The molecule has 0 saturated heterocycles. The highest BCUT2D eigenvalue weighted by atomic mass is 16.5. The van der Waals surface area contributed by atoms with E-state index in [9.17, 15) is 4.79 Å². The summed E-state index contributed by atoms with van der Waals surface area (Å²) in [6.07, 6.45) is 1.46. The predicted molar refractivity (Wildman–Crippen MR) is 53.4 cm³/mol. The van der Waals surface area contributed by atoms with Crippen molar-refractivity contribution in [2.45, 2.75) is 19.4 Å². The lowest BCUT2D eigenvalue weighted by molar-refractivity contribution is 0.111. The van der Waals surface area contributed by atoms with Gasteiger partial charge in [0.15, 0.2) is 6.29 Å². The Balaban J connectivity index is 3.14. The van der Waals surface area contributed by atoms with Crippen LogP contribution in [0.5, 0.6) is 5.75 Å². The van der Waals surface area contributed by atoms with Crippen molar-refractivity contribution in [1.82, 2.24) is 4.98 Å². The van der Waals surface area contributed by atoms with E-state index in [2.05, 4.69) is 4.98 Å². The molecular formula is C10H14N2O2. The van der Waals surface area contributed by atoms with Gasteiger partial charge in [0.05, 0.1) is 18.8 Å². The number of carbonyl (C=O) groups excluding carboxylic acids is 1. The number of carbonyl (C=O) groups is 1. The van der Waals surface area contributed by atoms with Crippen molar-refractivity contribution in [3.8, 4) is 5.75 Å². The zero-order valence-electron chi connectivity index (χ0n) is 8.36. The van der Waals surface area contributed by atoms with Gasteiger partial charge in [-0.25, -0.2) is 4.98 Å². The normalized spacial score (nSPS) is 12.2. The molecule has 0 radical (unpaired) electrons. The van der Waals surface area contributed by atoms with Crippen LogP contribution in [0.25, 0.3) is 0 Å². The molecule has 0 bridgehead atoms. The Hall–Kier alpha value is -1.42. The van der Waals surface area contributed by atoms with Crippen molar-refractivity contribution < 1.29 is 9.53 Å². The van der Waals surface area contributed by atoms with Gasteiger partial charge < -0.3 is 10.5 Å². The maximum Gasteiger partial charge on any atom is 0.168 e. The summed E-state index contributed by atoms with van der Waals surface area (Å²) >= 11 is 0. The van der Waals surface area contributed by atoms with Crippen LogP contribution >= 0.6 is 0 Å². The molecule has 0 amide bonds. The first-order valence-electron chi connectivity index (χ1n) is 4.48. The Bertz CT molecular complexity index is 326. The second-order valence-corrected chi connectivity index (χ2v) is 2.96. The first-order chi connectivity index (χ1) is 6.72. The number of aldehydes is 1. The fourth-order valence-electron chi connectivity index (χ4n) is 1.18. The molecule has 0 spiro atoms. The number of ether oxygens (including phenoxy) is 1. The predicted octanol–water partition coefficient (Wildman–Crippen LogP) is 1.31. The van der Waals surface area contributed by atoms with E-state index >= 15 is 0 Å². The van der Waals surface area contributed by atoms with Gasteiger partial charge >= 0.3 is 0 Å². The largest absolute Gasteiger partial charge is 0.495 e. The minimum atomic E-state index is -0.190. The maximum atomic E-state index is 10.5. The van der Waals surface area contributed by atoms with E-state index in [-0.39, 0.29) is 6.04 Å². The summed E-state index contributed by atoms with van der Waals surface area (Å²) in [5.41, 5.74) is 6.85. The minimum Gasteiger partial charge on any atom is -0.495 e. The number of methoxy groups -OCH3 is 1. The monoisotopic (exact) mass is 194 g/mol. The van der Waals surface area contributed by atoms with Crippen LogP contribution in [0, 0.1) is 0 Å². The van der Waals surface area contributed by atoms with Gasteiger partial charge in [0, 0.05) is 0 Å². The Morgan fingerprint density at radius 3 is 2.86 bits per heavy atom. The van der Waals surface area contributed by atoms with Crippen LogP contribution in [0.15, 0.2) is 12.1 Å². The first-order valence-corrected chi connectivity index (χ1v) is 4.48. The van der Waals surface area contributed by atoms with Gasteiger partial charge in [0.2, 0.25) is 0 Å². The molecule has 0 unspecified atom stereocenters. The Morgan fingerprint density at radius 2 is 2.36 bits per heavy atom. The molecule has 1 aromatic heterocycles. The summed E-state index contributed by atoms with van der Waals surface area (Å²) in [4.78, 5) is 14.6. The number of nitrogens with zero attached hydrogens (tertiary/aromatic N) is 1. The van der Waals surface area contributed by atoms with E-state index in [1.807, 2.05) is 6.92 Å². The van der Waals surface area contributed by atoms with E-state index < -0.39 is 0 Å². The third kappa shape index (κ3) is 2.09. The lowest BCUT2D eigenvalue weighted by Gasteiger charge is -2.12. The van der Waals surface area contributed by atoms with Gasteiger partial charge in [-0.15, -0.1) is 0 Å². The van der Waals surface area contributed by atoms with Crippen molar-refractivity contribution in [3.05, 3.63) is 23.5 Å². The molecule has 4 heteroatoms. The molecule has 0 saturated carbocycles. The number of pyridine rings is 1. The number of nitrogens with two attached hydrogens (primary N) is 1. The van der Waals surface area contributed by atoms with Crippen molar-refractivity contribution in [3.63, 3.8) is 0 Å². The highest BCUT2D eigenvalue weighted by Gasteiger charge is 2.12. The smallest absolute Gasteiger partial charge is 0.168 e. The quantitative estimate of drug-likeness (QED) is 0.734. The lowest BCUT2D eigenvalue weighted by atomic mass is 10.1. The average molecular weight is 194 g/mol. The Kier molecular flexibility index (Phi) is 3.59. The van der Waals surface area contributed by atoms with Gasteiger partial charge in [-0.1, -0.05) is 6.92 Å². The zero-order valence-corrected chi connectivity index (χ0v) is 8.36. The van der Waals surface area contributed by atoms with Crippen LogP contribution in [-0.4, -0.2) is 18.4 Å². The molecule has 0 aliphatic heterocycles. The molecule has 0 fully saturated rings. The number of hydrogen-bond acceptors (Lipinski definition) is 4. The highest BCUT2D eigenvalue weighted by molar-refractivity contribution is 5.72.